The molecule has 0 aromatic rings. The van der Waals surface area contributed by atoms with Crippen molar-refractivity contribution in [1.82, 2.24) is 4.90 Å². The van der Waals surface area contributed by atoms with Gasteiger partial charge in [-0.2, -0.15) is 0 Å². The molecule has 0 aromatic heterocycles. The summed E-state index contributed by atoms with van der Waals surface area (Å²) in [5.41, 5.74) is 0.0325. The van der Waals surface area contributed by atoms with Crippen molar-refractivity contribution in [2.45, 2.75) is 52.0 Å². The second kappa shape index (κ2) is 6.58. The maximum Gasteiger partial charge on any atom is 0.0558 e. The first-order chi connectivity index (χ1) is 7.71. The molecule has 0 unspecified atom stereocenters. The molecular weight excluding hydrogens is 202 g/mol. The summed E-state index contributed by atoms with van der Waals surface area (Å²) >= 11 is 0. The summed E-state index contributed by atoms with van der Waals surface area (Å²) in [6.07, 6.45) is 5.85. The van der Waals surface area contributed by atoms with E-state index in [0.717, 1.165) is 25.9 Å². The topological polar surface area (TPSA) is 43.7 Å². The lowest BCUT2D eigenvalue weighted by atomic mass is 9.81. The van der Waals surface area contributed by atoms with Crippen molar-refractivity contribution in [2.24, 2.45) is 5.41 Å². The van der Waals surface area contributed by atoms with E-state index in [1.807, 2.05) is 0 Å². The summed E-state index contributed by atoms with van der Waals surface area (Å²) in [6, 6.07) is 0.649. The lowest BCUT2D eigenvalue weighted by molar-refractivity contribution is 0.0183. The lowest BCUT2D eigenvalue weighted by Crippen LogP contribution is -2.48. The second-order valence-corrected chi connectivity index (χ2v) is 5.14. The van der Waals surface area contributed by atoms with Gasteiger partial charge in [-0.25, -0.2) is 0 Å². The van der Waals surface area contributed by atoms with E-state index in [9.17, 15) is 5.11 Å². The van der Waals surface area contributed by atoms with Crippen LogP contribution in [0.15, 0.2) is 0 Å². The maximum atomic E-state index is 9.58. The van der Waals surface area contributed by atoms with E-state index in [1.54, 1.807) is 0 Å². The number of hydrogen-bond acceptors (Lipinski definition) is 3. The summed E-state index contributed by atoms with van der Waals surface area (Å²) in [6.45, 7) is 6.48. The first-order valence-corrected chi connectivity index (χ1v) is 6.67. The van der Waals surface area contributed by atoms with Crippen LogP contribution in [0.5, 0.6) is 0 Å². The summed E-state index contributed by atoms with van der Waals surface area (Å²) < 4.78 is 0. The van der Waals surface area contributed by atoms with Crippen molar-refractivity contribution in [3.63, 3.8) is 0 Å². The van der Waals surface area contributed by atoms with Gasteiger partial charge in [0.05, 0.1) is 6.61 Å². The van der Waals surface area contributed by atoms with Crippen LogP contribution in [0.3, 0.4) is 0 Å². The molecule has 16 heavy (non-hydrogen) atoms. The Labute approximate surface area is 99.5 Å². The molecule has 1 aliphatic carbocycles. The van der Waals surface area contributed by atoms with Gasteiger partial charge in [0.25, 0.3) is 0 Å². The number of hydrogen-bond donors (Lipinski definition) is 2. The molecule has 1 saturated carbocycles. The van der Waals surface area contributed by atoms with Gasteiger partial charge in [-0.05, 0) is 25.7 Å². The number of nitrogens with zero attached hydrogens (tertiary/aromatic N) is 1. The first-order valence-electron chi connectivity index (χ1n) is 6.67. The van der Waals surface area contributed by atoms with Crippen molar-refractivity contribution >= 4 is 0 Å². The van der Waals surface area contributed by atoms with Crippen molar-refractivity contribution in [2.75, 3.05) is 26.3 Å². The molecule has 2 N–H and O–H groups in total. The molecule has 96 valence electrons. The minimum atomic E-state index is 0.0325. The van der Waals surface area contributed by atoms with Gasteiger partial charge >= 0.3 is 0 Å². The average molecular weight is 229 g/mol. The zero-order valence-electron chi connectivity index (χ0n) is 10.8. The molecule has 0 aromatic carbocycles. The molecule has 1 rings (SSSR count). The van der Waals surface area contributed by atoms with Gasteiger partial charge in [-0.1, -0.05) is 20.3 Å². The Hall–Kier alpha value is -0.120. The monoisotopic (exact) mass is 229 g/mol. The summed E-state index contributed by atoms with van der Waals surface area (Å²) in [4.78, 5) is 2.38. The van der Waals surface area contributed by atoms with Crippen molar-refractivity contribution < 1.29 is 10.2 Å². The standard InChI is InChI=1S/C13H27NO2/c1-3-13(4-2,11-16)10-14(8-9-15)12-6-5-7-12/h12,15-16H,3-11H2,1-2H3. The van der Waals surface area contributed by atoms with E-state index in [2.05, 4.69) is 18.7 Å². The first kappa shape index (κ1) is 13.9. The molecule has 3 nitrogen and oxygen atoms in total. The Morgan fingerprint density at radius 3 is 2.12 bits per heavy atom. The smallest absolute Gasteiger partial charge is 0.0558 e. The molecular formula is C13H27NO2. The van der Waals surface area contributed by atoms with E-state index >= 15 is 0 Å². The van der Waals surface area contributed by atoms with Crippen LogP contribution >= 0.6 is 0 Å². The quantitative estimate of drug-likeness (QED) is 0.665. The number of aliphatic hydroxyl groups excluding tert-OH is 2. The molecule has 3 heteroatoms. The van der Waals surface area contributed by atoms with Gasteiger partial charge in [0.2, 0.25) is 0 Å². The highest BCUT2D eigenvalue weighted by Gasteiger charge is 2.32. The van der Waals surface area contributed by atoms with Crippen LogP contribution in [-0.2, 0) is 0 Å². The molecule has 1 aliphatic rings. The fourth-order valence-corrected chi connectivity index (χ4v) is 2.45. The number of aliphatic hydroxyl groups is 2. The SMILES string of the molecule is CCC(CC)(CO)CN(CCO)C1CCC1. The normalized spacial score (nSPS) is 17.8. The fraction of sp³-hybridized carbons (Fsp3) is 1.00. The Kier molecular flexibility index (Phi) is 5.73. The van der Waals surface area contributed by atoms with Gasteiger partial charge in [-0.3, -0.25) is 4.90 Å². The minimum absolute atomic E-state index is 0.0325. The second-order valence-electron chi connectivity index (χ2n) is 5.14. The van der Waals surface area contributed by atoms with E-state index in [-0.39, 0.29) is 18.6 Å². The minimum Gasteiger partial charge on any atom is -0.396 e. The third-order valence-corrected chi connectivity index (χ3v) is 4.35. The van der Waals surface area contributed by atoms with Crippen LogP contribution in [-0.4, -0.2) is 47.5 Å². The van der Waals surface area contributed by atoms with Crippen LogP contribution < -0.4 is 0 Å². The molecule has 0 aliphatic heterocycles. The Morgan fingerprint density at radius 2 is 1.81 bits per heavy atom. The highest BCUT2D eigenvalue weighted by atomic mass is 16.3. The lowest BCUT2D eigenvalue weighted by Gasteiger charge is -2.43. The summed E-state index contributed by atoms with van der Waals surface area (Å²) in [7, 11) is 0. The Morgan fingerprint density at radius 1 is 1.19 bits per heavy atom. The predicted molar refractivity (Wildman–Crippen MR) is 66.4 cm³/mol. The zero-order chi connectivity index (χ0) is 12.0. The highest BCUT2D eigenvalue weighted by Crippen LogP contribution is 2.31. The molecule has 0 atom stereocenters. The van der Waals surface area contributed by atoms with E-state index in [1.165, 1.54) is 19.3 Å². The van der Waals surface area contributed by atoms with E-state index in [4.69, 9.17) is 5.11 Å². The van der Waals surface area contributed by atoms with Gasteiger partial charge in [0, 0.05) is 31.2 Å². The molecule has 0 radical (unpaired) electrons. The van der Waals surface area contributed by atoms with Crippen LogP contribution in [0.25, 0.3) is 0 Å². The average Bonchev–Trinajstić information content (AvgIpc) is 2.24. The Bertz CT molecular complexity index is 180. The highest BCUT2D eigenvalue weighted by molar-refractivity contribution is 4.86. The van der Waals surface area contributed by atoms with Gasteiger partial charge < -0.3 is 10.2 Å². The molecule has 1 fully saturated rings. The third kappa shape index (κ3) is 3.19. The van der Waals surface area contributed by atoms with Crippen LogP contribution in [0.4, 0.5) is 0 Å². The van der Waals surface area contributed by atoms with E-state index < -0.39 is 0 Å². The molecule has 0 heterocycles. The van der Waals surface area contributed by atoms with Crippen molar-refractivity contribution in [3.8, 4) is 0 Å². The van der Waals surface area contributed by atoms with Gasteiger partial charge in [-0.15, -0.1) is 0 Å². The summed E-state index contributed by atoms with van der Waals surface area (Å²) in [5.74, 6) is 0. The number of rotatable bonds is 8. The maximum absolute atomic E-state index is 9.58. The Balaban J connectivity index is 2.56. The van der Waals surface area contributed by atoms with Crippen molar-refractivity contribution in [3.05, 3.63) is 0 Å². The van der Waals surface area contributed by atoms with Gasteiger partial charge in [0.15, 0.2) is 0 Å². The predicted octanol–water partition coefficient (Wildman–Crippen LogP) is 1.63. The molecule has 0 saturated heterocycles. The van der Waals surface area contributed by atoms with Gasteiger partial charge in [0.1, 0.15) is 0 Å². The van der Waals surface area contributed by atoms with E-state index in [0.29, 0.717) is 6.04 Å². The molecule has 0 bridgehead atoms. The zero-order valence-corrected chi connectivity index (χ0v) is 10.8. The largest absolute Gasteiger partial charge is 0.396 e. The fourth-order valence-electron chi connectivity index (χ4n) is 2.45. The third-order valence-electron chi connectivity index (χ3n) is 4.35. The van der Waals surface area contributed by atoms with Crippen LogP contribution in [0.2, 0.25) is 0 Å². The molecule has 0 spiro atoms. The van der Waals surface area contributed by atoms with Crippen molar-refractivity contribution in [1.29, 1.82) is 0 Å². The molecule has 0 amide bonds. The van der Waals surface area contributed by atoms with Crippen LogP contribution in [0, 0.1) is 5.41 Å². The summed E-state index contributed by atoms with van der Waals surface area (Å²) in [5, 5.41) is 18.7. The van der Waals surface area contributed by atoms with Crippen LogP contribution in [0.1, 0.15) is 46.0 Å².